The van der Waals surface area contributed by atoms with Crippen LogP contribution in [-0.4, -0.2) is 11.7 Å². The van der Waals surface area contributed by atoms with Crippen molar-refractivity contribution in [3.05, 3.63) is 66.4 Å². The van der Waals surface area contributed by atoms with Gasteiger partial charge in [-0.15, -0.1) is 11.8 Å². The predicted molar refractivity (Wildman–Crippen MR) is 94.6 cm³/mol. The number of thioether (sulfide) groups is 1. The van der Waals surface area contributed by atoms with Crippen molar-refractivity contribution in [2.75, 3.05) is 5.75 Å². The zero-order valence-corrected chi connectivity index (χ0v) is 13.8. The molecule has 1 heterocycles. The highest BCUT2D eigenvalue weighted by atomic mass is 32.2. The van der Waals surface area contributed by atoms with Crippen LogP contribution in [0, 0.1) is 0 Å². The molecule has 0 saturated carbocycles. The first-order valence-corrected chi connectivity index (χ1v) is 8.66. The maximum atomic E-state index is 12.1. The van der Waals surface area contributed by atoms with Gasteiger partial charge in [-0.1, -0.05) is 36.4 Å². The number of amides is 1. The van der Waals surface area contributed by atoms with Crippen LogP contribution in [0.4, 0.5) is 0 Å². The van der Waals surface area contributed by atoms with Crippen LogP contribution in [0.2, 0.25) is 0 Å². The number of carbonyl (C=O) groups is 1. The molecule has 4 heteroatoms. The third-order valence-corrected chi connectivity index (χ3v) is 4.60. The Morgan fingerprint density at radius 2 is 1.87 bits per heavy atom. The van der Waals surface area contributed by atoms with Crippen molar-refractivity contribution < 1.29 is 9.21 Å². The van der Waals surface area contributed by atoms with Crippen molar-refractivity contribution in [2.24, 2.45) is 0 Å². The van der Waals surface area contributed by atoms with Gasteiger partial charge in [0.05, 0.1) is 6.04 Å². The highest BCUT2D eigenvalue weighted by molar-refractivity contribution is 7.99. The topological polar surface area (TPSA) is 42.2 Å². The minimum Gasteiger partial charge on any atom is -0.459 e. The molecular formula is C19H19NO2S. The van der Waals surface area contributed by atoms with E-state index in [2.05, 4.69) is 17.4 Å². The summed E-state index contributed by atoms with van der Waals surface area (Å²) in [7, 11) is 0. The molecule has 0 spiro atoms. The molecule has 0 aliphatic heterocycles. The average Bonchev–Trinajstić information content (AvgIpc) is 3.00. The molecule has 1 amide bonds. The fourth-order valence-corrected chi connectivity index (χ4v) is 3.25. The summed E-state index contributed by atoms with van der Waals surface area (Å²) in [4.78, 5) is 13.3. The van der Waals surface area contributed by atoms with Crippen molar-refractivity contribution in [1.29, 1.82) is 0 Å². The van der Waals surface area contributed by atoms with Gasteiger partial charge in [0.15, 0.2) is 0 Å². The van der Waals surface area contributed by atoms with Crippen LogP contribution in [0.15, 0.2) is 70.0 Å². The summed E-state index contributed by atoms with van der Waals surface area (Å²) in [6.45, 7) is 1.94. The monoisotopic (exact) mass is 325 g/mol. The van der Waals surface area contributed by atoms with Crippen molar-refractivity contribution in [2.45, 2.75) is 24.3 Å². The van der Waals surface area contributed by atoms with Gasteiger partial charge >= 0.3 is 0 Å². The Morgan fingerprint density at radius 1 is 1.13 bits per heavy atom. The number of fused-ring (bicyclic) bond motifs is 1. The molecule has 0 radical (unpaired) electrons. The van der Waals surface area contributed by atoms with E-state index < -0.39 is 0 Å². The minimum atomic E-state index is -0.128. The molecule has 1 N–H and O–H groups in total. The van der Waals surface area contributed by atoms with E-state index in [0.29, 0.717) is 6.42 Å². The normalized spacial score (nSPS) is 12.2. The van der Waals surface area contributed by atoms with Gasteiger partial charge in [-0.25, -0.2) is 0 Å². The van der Waals surface area contributed by atoms with Gasteiger partial charge in [-0.3, -0.25) is 4.79 Å². The number of benzene rings is 2. The van der Waals surface area contributed by atoms with Crippen molar-refractivity contribution >= 4 is 28.6 Å². The second-order valence-corrected chi connectivity index (χ2v) is 6.56. The quantitative estimate of drug-likeness (QED) is 0.662. The van der Waals surface area contributed by atoms with E-state index in [1.165, 1.54) is 4.90 Å². The lowest BCUT2D eigenvalue weighted by molar-refractivity contribution is -0.121. The molecule has 0 aliphatic rings. The summed E-state index contributed by atoms with van der Waals surface area (Å²) in [5.74, 6) is 1.60. The second-order valence-electron chi connectivity index (χ2n) is 5.39. The third-order valence-electron chi connectivity index (χ3n) is 3.59. The number of para-hydroxylation sites is 1. The van der Waals surface area contributed by atoms with Crippen LogP contribution in [-0.2, 0) is 4.79 Å². The standard InChI is InChI=1S/C19H19NO2S/c1-14(18-13-15-7-5-6-10-17(15)22-18)20-19(21)11-12-23-16-8-3-2-4-9-16/h2-10,13-14H,11-12H2,1H3,(H,20,21)/t14-/m0/s1. The molecule has 3 rings (SSSR count). The summed E-state index contributed by atoms with van der Waals surface area (Å²) >= 11 is 1.69. The molecule has 0 bridgehead atoms. The Labute approximate surface area is 140 Å². The molecule has 0 unspecified atom stereocenters. The zero-order valence-electron chi connectivity index (χ0n) is 13.0. The number of nitrogens with one attached hydrogen (secondary N) is 1. The Hall–Kier alpha value is -2.20. The van der Waals surface area contributed by atoms with Crippen LogP contribution in [0.5, 0.6) is 0 Å². The van der Waals surface area contributed by atoms with Crippen molar-refractivity contribution in [3.8, 4) is 0 Å². The first kappa shape index (κ1) is 15.7. The molecule has 1 atom stereocenters. The van der Waals surface area contributed by atoms with Gasteiger partial charge in [0.1, 0.15) is 11.3 Å². The molecule has 0 aliphatic carbocycles. The van der Waals surface area contributed by atoms with Gasteiger partial charge in [0.25, 0.3) is 0 Å². The van der Waals surface area contributed by atoms with Gasteiger partial charge in [-0.2, -0.15) is 0 Å². The Morgan fingerprint density at radius 3 is 2.65 bits per heavy atom. The van der Waals surface area contributed by atoms with Gasteiger partial charge in [-0.05, 0) is 31.2 Å². The number of hydrogen-bond donors (Lipinski definition) is 1. The molecule has 0 saturated heterocycles. The number of hydrogen-bond acceptors (Lipinski definition) is 3. The molecule has 118 valence electrons. The van der Waals surface area contributed by atoms with Crippen molar-refractivity contribution in [1.82, 2.24) is 5.32 Å². The summed E-state index contributed by atoms with van der Waals surface area (Å²) in [5, 5.41) is 4.06. The molecule has 1 aromatic heterocycles. The lowest BCUT2D eigenvalue weighted by atomic mass is 10.2. The average molecular weight is 325 g/mol. The van der Waals surface area contributed by atoms with E-state index in [-0.39, 0.29) is 11.9 Å². The lowest BCUT2D eigenvalue weighted by Crippen LogP contribution is -2.26. The number of rotatable bonds is 6. The molecule has 23 heavy (non-hydrogen) atoms. The highest BCUT2D eigenvalue weighted by Gasteiger charge is 2.13. The summed E-state index contributed by atoms with van der Waals surface area (Å²) in [6.07, 6.45) is 0.490. The first-order valence-electron chi connectivity index (χ1n) is 7.68. The third kappa shape index (κ3) is 4.17. The largest absolute Gasteiger partial charge is 0.459 e. The van der Waals surface area contributed by atoms with Crippen LogP contribution >= 0.6 is 11.8 Å². The maximum absolute atomic E-state index is 12.1. The van der Waals surface area contributed by atoms with E-state index >= 15 is 0 Å². The Balaban J connectivity index is 1.51. The van der Waals surface area contributed by atoms with E-state index in [0.717, 1.165) is 22.5 Å². The zero-order chi connectivity index (χ0) is 16.1. The lowest BCUT2D eigenvalue weighted by Gasteiger charge is -2.11. The SMILES string of the molecule is C[C@H](NC(=O)CCSc1ccccc1)c1cc2ccccc2o1. The van der Waals surface area contributed by atoms with Crippen molar-refractivity contribution in [3.63, 3.8) is 0 Å². The molecule has 0 fully saturated rings. The van der Waals surface area contributed by atoms with Gasteiger partial charge in [0, 0.05) is 22.5 Å². The molecular weight excluding hydrogens is 306 g/mol. The highest BCUT2D eigenvalue weighted by Crippen LogP contribution is 2.24. The van der Waals surface area contributed by atoms with Gasteiger partial charge < -0.3 is 9.73 Å². The van der Waals surface area contributed by atoms with E-state index in [4.69, 9.17) is 4.42 Å². The summed E-state index contributed by atoms with van der Waals surface area (Å²) in [6, 6.07) is 19.8. The fourth-order valence-electron chi connectivity index (χ4n) is 2.38. The molecule has 3 nitrogen and oxygen atoms in total. The van der Waals surface area contributed by atoms with E-state index in [9.17, 15) is 4.79 Å². The maximum Gasteiger partial charge on any atom is 0.221 e. The van der Waals surface area contributed by atoms with Crippen LogP contribution in [0.1, 0.15) is 25.1 Å². The Bertz CT molecular complexity index is 749. The Kier molecular flexibility index (Phi) is 5.03. The van der Waals surface area contributed by atoms with Crippen LogP contribution in [0.3, 0.4) is 0 Å². The van der Waals surface area contributed by atoms with Crippen LogP contribution < -0.4 is 5.32 Å². The number of carbonyl (C=O) groups excluding carboxylic acids is 1. The first-order chi connectivity index (χ1) is 11.2. The van der Waals surface area contributed by atoms with E-state index in [1.54, 1.807) is 11.8 Å². The molecule has 2 aromatic carbocycles. The fraction of sp³-hybridized carbons (Fsp3) is 0.211. The molecule has 3 aromatic rings. The minimum absolute atomic E-state index is 0.0430. The van der Waals surface area contributed by atoms with Gasteiger partial charge in [0.2, 0.25) is 5.91 Å². The van der Waals surface area contributed by atoms with E-state index in [1.807, 2.05) is 55.5 Å². The second kappa shape index (κ2) is 7.38. The smallest absolute Gasteiger partial charge is 0.221 e. The summed E-state index contributed by atoms with van der Waals surface area (Å²) in [5.41, 5.74) is 0.850. The number of furan rings is 1. The predicted octanol–water partition coefficient (Wildman–Crippen LogP) is 4.79. The van der Waals surface area contributed by atoms with Crippen LogP contribution in [0.25, 0.3) is 11.0 Å². The summed E-state index contributed by atoms with van der Waals surface area (Å²) < 4.78 is 5.78.